The van der Waals surface area contributed by atoms with Gasteiger partial charge in [-0.05, 0) is 24.1 Å². The van der Waals surface area contributed by atoms with E-state index in [0.29, 0.717) is 6.61 Å². The number of carbonyl (C=O) groups excluding carboxylic acids is 1. The van der Waals surface area contributed by atoms with Crippen LogP contribution in [0.4, 0.5) is 0 Å². The van der Waals surface area contributed by atoms with E-state index in [0.717, 1.165) is 24.2 Å². The van der Waals surface area contributed by atoms with Crippen LogP contribution in [0, 0.1) is 0 Å². The van der Waals surface area contributed by atoms with Crippen molar-refractivity contribution in [1.29, 1.82) is 0 Å². The van der Waals surface area contributed by atoms with E-state index in [-0.39, 0.29) is 12.1 Å². The second-order valence-electron chi connectivity index (χ2n) is 4.27. The summed E-state index contributed by atoms with van der Waals surface area (Å²) in [6, 6.07) is 7.53. The Morgan fingerprint density at radius 1 is 1.33 bits per heavy atom. The average Bonchev–Trinajstić information content (AvgIpc) is 3.19. The fraction of sp³-hybridized carbons (Fsp3) is 0.500. The first kappa shape index (κ1) is 12.9. The molecule has 0 aliphatic carbocycles. The summed E-state index contributed by atoms with van der Waals surface area (Å²) in [5.41, 5.74) is 0.980. The van der Waals surface area contributed by atoms with Gasteiger partial charge in [0.05, 0.1) is 13.7 Å². The van der Waals surface area contributed by atoms with Crippen molar-refractivity contribution in [2.24, 2.45) is 0 Å². The molecule has 0 aromatic heterocycles. The van der Waals surface area contributed by atoms with Crippen molar-refractivity contribution in [2.75, 3.05) is 13.7 Å². The minimum absolute atomic E-state index is 0.162. The zero-order valence-corrected chi connectivity index (χ0v) is 10.7. The zero-order chi connectivity index (χ0) is 13.0. The molecule has 1 fully saturated rings. The highest BCUT2D eigenvalue weighted by Crippen LogP contribution is 2.39. The number of hydrogen-bond acceptors (Lipinski definition) is 4. The molecule has 0 saturated carbocycles. The number of unbranched alkanes of at least 4 members (excludes halogenated alkanes) is 1. The van der Waals surface area contributed by atoms with Crippen molar-refractivity contribution in [3.05, 3.63) is 29.8 Å². The molecule has 1 heterocycles. The number of rotatable bonds is 6. The first-order valence-electron chi connectivity index (χ1n) is 6.22. The molecule has 1 aromatic carbocycles. The minimum atomic E-state index is -0.435. The Labute approximate surface area is 107 Å². The fourth-order valence-corrected chi connectivity index (χ4v) is 1.74. The van der Waals surface area contributed by atoms with Gasteiger partial charge in [0.25, 0.3) is 0 Å². The third kappa shape index (κ3) is 3.01. The summed E-state index contributed by atoms with van der Waals surface area (Å²) in [7, 11) is 1.62. The molecule has 1 aliphatic heterocycles. The highest BCUT2D eigenvalue weighted by Gasteiger charge is 2.47. The maximum atomic E-state index is 11.6. The second kappa shape index (κ2) is 5.87. The Morgan fingerprint density at radius 2 is 2.06 bits per heavy atom. The zero-order valence-electron chi connectivity index (χ0n) is 10.7. The van der Waals surface area contributed by atoms with E-state index in [4.69, 9.17) is 14.2 Å². The van der Waals surface area contributed by atoms with Gasteiger partial charge in [0, 0.05) is 0 Å². The van der Waals surface area contributed by atoms with Gasteiger partial charge in [-0.25, -0.2) is 4.79 Å². The van der Waals surface area contributed by atoms with E-state index in [1.165, 1.54) is 0 Å². The second-order valence-corrected chi connectivity index (χ2v) is 4.27. The number of esters is 1. The van der Waals surface area contributed by atoms with E-state index in [2.05, 4.69) is 6.92 Å². The predicted molar refractivity (Wildman–Crippen MR) is 66.5 cm³/mol. The number of epoxide rings is 1. The van der Waals surface area contributed by atoms with Gasteiger partial charge < -0.3 is 14.2 Å². The highest BCUT2D eigenvalue weighted by atomic mass is 16.6. The van der Waals surface area contributed by atoms with Crippen LogP contribution in [-0.2, 0) is 14.3 Å². The minimum Gasteiger partial charge on any atom is -0.497 e. The summed E-state index contributed by atoms with van der Waals surface area (Å²) >= 11 is 0. The molecule has 1 saturated heterocycles. The SMILES string of the molecule is CCCCOC(=O)[C@@H]1O[C@H]1c1ccc(OC)cc1. The van der Waals surface area contributed by atoms with Crippen LogP contribution in [-0.4, -0.2) is 25.8 Å². The number of carbonyl (C=O) groups is 1. The molecule has 2 rings (SSSR count). The molecule has 18 heavy (non-hydrogen) atoms. The lowest BCUT2D eigenvalue weighted by atomic mass is 10.1. The highest BCUT2D eigenvalue weighted by molar-refractivity contribution is 5.78. The molecule has 2 atom stereocenters. The number of hydrogen-bond donors (Lipinski definition) is 0. The van der Waals surface area contributed by atoms with Gasteiger partial charge in [0.15, 0.2) is 6.10 Å². The summed E-state index contributed by atoms with van der Waals surface area (Å²) in [6.07, 6.45) is 1.31. The molecule has 4 heteroatoms. The number of methoxy groups -OCH3 is 1. The van der Waals surface area contributed by atoms with E-state index >= 15 is 0 Å². The maximum absolute atomic E-state index is 11.6. The topological polar surface area (TPSA) is 48.1 Å². The average molecular weight is 250 g/mol. The Bertz CT molecular complexity index is 399. The largest absolute Gasteiger partial charge is 0.497 e. The molecular weight excluding hydrogens is 232 g/mol. The summed E-state index contributed by atoms with van der Waals surface area (Å²) < 4.78 is 15.5. The summed E-state index contributed by atoms with van der Waals surface area (Å²) in [5.74, 6) is 0.533. The molecule has 1 aliphatic rings. The van der Waals surface area contributed by atoms with Gasteiger partial charge in [-0.15, -0.1) is 0 Å². The normalized spacial score (nSPS) is 21.4. The Balaban J connectivity index is 1.84. The van der Waals surface area contributed by atoms with Crippen molar-refractivity contribution in [1.82, 2.24) is 0 Å². The van der Waals surface area contributed by atoms with Crippen LogP contribution in [0.15, 0.2) is 24.3 Å². The smallest absolute Gasteiger partial charge is 0.338 e. The summed E-state index contributed by atoms with van der Waals surface area (Å²) in [6.45, 7) is 2.53. The molecule has 0 N–H and O–H groups in total. The number of ether oxygens (including phenoxy) is 3. The van der Waals surface area contributed by atoms with Gasteiger partial charge in [0.1, 0.15) is 11.9 Å². The Morgan fingerprint density at radius 3 is 2.67 bits per heavy atom. The molecule has 0 unspecified atom stereocenters. The van der Waals surface area contributed by atoms with E-state index in [1.807, 2.05) is 24.3 Å². The maximum Gasteiger partial charge on any atom is 0.338 e. The Hall–Kier alpha value is -1.55. The Kier molecular flexibility index (Phi) is 4.20. The van der Waals surface area contributed by atoms with Gasteiger partial charge in [-0.2, -0.15) is 0 Å². The molecule has 0 radical (unpaired) electrons. The van der Waals surface area contributed by atoms with Crippen LogP contribution in [0.2, 0.25) is 0 Å². The molecule has 0 amide bonds. The lowest BCUT2D eigenvalue weighted by Gasteiger charge is -2.01. The molecule has 1 aromatic rings. The molecule has 0 bridgehead atoms. The van der Waals surface area contributed by atoms with Crippen molar-refractivity contribution in [3.8, 4) is 5.75 Å². The lowest BCUT2D eigenvalue weighted by molar-refractivity contribution is -0.145. The van der Waals surface area contributed by atoms with Gasteiger partial charge in [-0.1, -0.05) is 25.5 Å². The lowest BCUT2D eigenvalue weighted by Crippen LogP contribution is -2.13. The fourth-order valence-electron chi connectivity index (χ4n) is 1.74. The van der Waals surface area contributed by atoms with Crippen molar-refractivity contribution < 1.29 is 19.0 Å². The van der Waals surface area contributed by atoms with Crippen LogP contribution in [0.25, 0.3) is 0 Å². The van der Waals surface area contributed by atoms with E-state index in [9.17, 15) is 4.79 Å². The quantitative estimate of drug-likeness (QED) is 0.442. The first-order valence-corrected chi connectivity index (χ1v) is 6.22. The standard InChI is InChI=1S/C14H18O4/c1-3-4-9-17-14(15)13-12(18-13)10-5-7-11(16-2)8-6-10/h5-8,12-13H,3-4,9H2,1-2H3/t12-,13+/m0/s1. The summed E-state index contributed by atoms with van der Waals surface area (Å²) in [5, 5.41) is 0. The van der Waals surface area contributed by atoms with Crippen molar-refractivity contribution in [2.45, 2.75) is 32.0 Å². The van der Waals surface area contributed by atoms with Gasteiger partial charge in [0.2, 0.25) is 0 Å². The van der Waals surface area contributed by atoms with Gasteiger partial charge in [-0.3, -0.25) is 0 Å². The third-order valence-electron chi connectivity index (χ3n) is 2.91. The van der Waals surface area contributed by atoms with Crippen LogP contribution in [0.5, 0.6) is 5.75 Å². The molecule has 4 nitrogen and oxygen atoms in total. The monoisotopic (exact) mass is 250 g/mol. The molecular formula is C14H18O4. The van der Waals surface area contributed by atoms with E-state index < -0.39 is 6.10 Å². The van der Waals surface area contributed by atoms with Gasteiger partial charge >= 0.3 is 5.97 Å². The van der Waals surface area contributed by atoms with Crippen molar-refractivity contribution >= 4 is 5.97 Å². The molecule has 0 spiro atoms. The molecule has 98 valence electrons. The van der Waals surface area contributed by atoms with Crippen LogP contribution >= 0.6 is 0 Å². The predicted octanol–water partition coefficient (Wildman–Crippen LogP) is 2.48. The van der Waals surface area contributed by atoms with E-state index in [1.54, 1.807) is 7.11 Å². The third-order valence-corrected chi connectivity index (χ3v) is 2.91. The van der Waals surface area contributed by atoms with Crippen LogP contribution < -0.4 is 4.74 Å². The van der Waals surface area contributed by atoms with Crippen molar-refractivity contribution in [3.63, 3.8) is 0 Å². The van der Waals surface area contributed by atoms with Crippen LogP contribution in [0.1, 0.15) is 31.4 Å². The van der Waals surface area contributed by atoms with Crippen LogP contribution in [0.3, 0.4) is 0 Å². The summed E-state index contributed by atoms with van der Waals surface area (Å²) in [4.78, 5) is 11.6. The number of benzene rings is 1. The first-order chi connectivity index (χ1) is 8.76.